The van der Waals surface area contributed by atoms with E-state index in [9.17, 15) is 0 Å². The molecular formula is C13H20ClN5S. The van der Waals surface area contributed by atoms with E-state index in [0.29, 0.717) is 0 Å². The lowest BCUT2D eigenvalue weighted by Gasteiger charge is -2.17. The molecule has 0 aromatic carbocycles. The lowest BCUT2D eigenvalue weighted by atomic mass is 10.1. The van der Waals surface area contributed by atoms with Crippen LogP contribution in [0.3, 0.4) is 0 Å². The lowest BCUT2D eigenvalue weighted by molar-refractivity contribution is 0.493. The van der Waals surface area contributed by atoms with Crippen LogP contribution in [0, 0.1) is 6.92 Å². The van der Waals surface area contributed by atoms with Gasteiger partial charge in [-0.15, -0.1) is 5.10 Å². The van der Waals surface area contributed by atoms with Gasteiger partial charge in [0.1, 0.15) is 0 Å². The maximum absolute atomic E-state index is 6.39. The third-order valence-corrected chi connectivity index (χ3v) is 4.24. The summed E-state index contributed by atoms with van der Waals surface area (Å²) in [5.74, 6) is 0. The van der Waals surface area contributed by atoms with Crippen molar-refractivity contribution in [2.24, 2.45) is 0 Å². The third kappa shape index (κ3) is 3.37. The van der Waals surface area contributed by atoms with Gasteiger partial charge in [0.25, 0.3) is 0 Å². The molecule has 7 heteroatoms. The van der Waals surface area contributed by atoms with Crippen LogP contribution in [0.2, 0.25) is 5.02 Å². The van der Waals surface area contributed by atoms with E-state index in [-0.39, 0.29) is 6.04 Å². The molecule has 2 aromatic heterocycles. The van der Waals surface area contributed by atoms with Gasteiger partial charge >= 0.3 is 0 Å². The summed E-state index contributed by atoms with van der Waals surface area (Å²) < 4.78 is 5.93. The van der Waals surface area contributed by atoms with Crippen molar-refractivity contribution in [1.82, 2.24) is 24.7 Å². The van der Waals surface area contributed by atoms with E-state index in [4.69, 9.17) is 11.6 Å². The summed E-state index contributed by atoms with van der Waals surface area (Å²) in [4.78, 5) is 0. The summed E-state index contributed by atoms with van der Waals surface area (Å²) >= 11 is 7.76. The van der Waals surface area contributed by atoms with E-state index in [2.05, 4.69) is 33.8 Å². The van der Waals surface area contributed by atoms with Crippen LogP contribution in [0.1, 0.15) is 43.4 Å². The summed E-state index contributed by atoms with van der Waals surface area (Å²) in [6.07, 6.45) is 1.85. The minimum Gasteiger partial charge on any atom is -0.308 e. The van der Waals surface area contributed by atoms with E-state index in [0.717, 1.165) is 48.0 Å². The molecule has 0 saturated heterocycles. The molecule has 1 N–H and O–H groups in total. The summed E-state index contributed by atoms with van der Waals surface area (Å²) in [5.41, 5.74) is 2.92. The standard InChI is InChI=1S/C13H20ClN5S/c1-4-6-15-10(11-8-20-18-16-11)7-12-13(14)9(3)17-19(12)5-2/h8,10,15H,4-7H2,1-3H3. The summed E-state index contributed by atoms with van der Waals surface area (Å²) in [7, 11) is 0. The highest BCUT2D eigenvalue weighted by molar-refractivity contribution is 7.03. The lowest BCUT2D eigenvalue weighted by Crippen LogP contribution is -2.25. The van der Waals surface area contributed by atoms with Gasteiger partial charge in [0.05, 0.1) is 28.1 Å². The Morgan fingerprint density at radius 3 is 2.85 bits per heavy atom. The molecule has 0 amide bonds. The van der Waals surface area contributed by atoms with Crippen molar-refractivity contribution in [3.8, 4) is 0 Å². The summed E-state index contributed by atoms with van der Waals surface area (Å²) in [6, 6.07) is 0.132. The number of aromatic nitrogens is 4. The van der Waals surface area contributed by atoms with Gasteiger partial charge in [-0.25, -0.2) is 0 Å². The van der Waals surface area contributed by atoms with Crippen LogP contribution in [-0.2, 0) is 13.0 Å². The first-order valence-electron chi connectivity index (χ1n) is 6.89. The minimum absolute atomic E-state index is 0.132. The van der Waals surface area contributed by atoms with Gasteiger partial charge in [-0.05, 0) is 38.3 Å². The number of aryl methyl sites for hydroxylation is 2. The fourth-order valence-corrected chi connectivity index (χ4v) is 2.90. The minimum atomic E-state index is 0.132. The van der Waals surface area contributed by atoms with Crippen LogP contribution in [0.15, 0.2) is 5.38 Å². The number of hydrogen-bond donors (Lipinski definition) is 1. The smallest absolute Gasteiger partial charge is 0.0928 e. The van der Waals surface area contributed by atoms with Gasteiger partial charge in [0.2, 0.25) is 0 Å². The van der Waals surface area contributed by atoms with Crippen LogP contribution < -0.4 is 5.32 Å². The Bertz CT molecular complexity index is 537. The molecule has 2 rings (SSSR count). The Hall–Kier alpha value is -0.980. The first kappa shape index (κ1) is 15.4. The second-order valence-electron chi connectivity index (χ2n) is 4.70. The average molecular weight is 314 g/mol. The predicted molar refractivity (Wildman–Crippen MR) is 82.3 cm³/mol. The Kier molecular flexibility index (Phi) is 5.51. The van der Waals surface area contributed by atoms with Crippen molar-refractivity contribution in [3.05, 3.63) is 27.5 Å². The second-order valence-corrected chi connectivity index (χ2v) is 5.69. The maximum Gasteiger partial charge on any atom is 0.0928 e. The normalized spacial score (nSPS) is 12.8. The maximum atomic E-state index is 6.39. The topological polar surface area (TPSA) is 55.6 Å². The van der Waals surface area contributed by atoms with E-state index < -0.39 is 0 Å². The quantitative estimate of drug-likeness (QED) is 0.853. The Labute approximate surface area is 128 Å². The van der Waals surface area contributed by atoms with Crippen molar-refractivity contribution in [3.63, 3.8) is 0 Å². The highest BCUT2D eigenvalue weighted by atomic mass is 35.5. The van der Waals surface area contributed by atoms with Crippen molar-refractivity contribution in [2.45, 2.75) is 46.2 Å². The van der Waals surface area contributed by atoms with Crippen molar-refractivity contribution < 1.29 is 0 Å². The van der Waals surface area contributed by atoms with Crippen LogP contribution in [-0.4, -0.2) is 25.9 Å². The fraction of sp³-hybridized carbons (Fsp3) is 0.615. The Morgan fingerprint density at radius 1 is 1.45 bits per heavy atom. The van der Waals surface area contributed by atoms with Gasteiger partial charge in [-0.1, -0.05) is 23.0 Å². The first-order valence-corrected chi connectivity index (χ1v) is 8.10. The molecule has 1 unspecified atom stereocenters. The molecule has 5 nitrogen and oxygen atoms in total. The molecule has 0 aliphatic heterocycles. The highest BCUT2D eigenvalue weighted by Gasteiger charge is 2.20. The highest BCUT2D eigenvalue weighted by Crippen LogP contribution is 2.25. The molecule has 0 aliphatic carbocycles. The van der Waals surface area contributed by atoms with Gasteiger partial charge in [-0.2, -0.15) is 5.10 Å². The number of halogens is 1. The second kappa shape index (κ2) is 7.15. The Morgan fingerprint density at radius 2 is 2.25 bits per heavy atom. The van der Waals surface area contributed by atoms with Crippen LogP contribution in [0.25, 0.3) is 0 Å². The van der Waals surface area contributed by atoms with Crippen LogP contribution in [0.4, 0.5) is 0 Å². The molecule has 0 radical (unpaired) electrons. The zero-order chi connectivity index (χ0) is 14.5. The monoisotopic (exact) mass is 313 g/mol. The number of hydrogen-bond acceptors (Lipinski definition) is 5. The molecule has 0 spiro atoms. The molecule has 20 heavy (non-hydrogen) atoms. The van der Waals surface area contributed by atoms with Crippen LogP contribution >= 0.6 is 23.1 Å². The van der Waals surface area contributed by atoms with Gasteiger partial charge in [-0.3, -0.25) is 4.68 Å². The van der Waals surface area contributed by atoms with Gasteiger partial charge in [0.15, 0.2) is 0 Å². The van der Waals surface area contributed by atoms with Crippen LogP contribution in [0.5, 0.6) is 0 Å². The number of nitrogens with zero attached hydrogens (tertiary/aromatic N) is 4. The van der Waals surface area contributed by atoms with E-state index in [1.54, 1.807) is 0 Å². The fourth-order valence-electron chi connectivity index (χ4n) is 2.18. The Balaban J connectivity index is 2.23. The van der Waals surface area contributed by atoms with E-state index in [1.165, 1.54) is 11.5 Å². The average Bonchev–Trinajstić information content (AvgIpc) is 3.06. The molecule has 0 saturated carbocycles. The summed E-state index contributed by atoms with van der Waals surface area (Å²) in [6.45, 7) is 7.93. The molecule has 0 bridgehead atoms. The first-order chi connectivity index (χ1) is 9.67. The SMILES string of the molecule is CCCNC(Cc1c(Cl)c(C)nn1CC)c1csnn1. The molecular weight excluding hydrogens is 294 g/mol. The molecule has 0 fully saturated rings. The third-order valence-electron chi connectivity index (χ3n) is 3.22. The number of nitrogens with one attached hydrogen (secondary N) is 1. The largest absolute Gasteiger partial charge is 0.308 e. The zero-order valence-corrected chi connectivity index (χ0v) is 13.6. The number of rotatable bonds is 7. The van der Waals surface area contributed by atoms with Crippen molar-refractivity contribution in [1.29, 1.82) is 0 Å². The molecule has 2 heterocycles. The molecule has 2 aromatic rings. The molecule has 1 atom stereocenters. The molecule has 0 aliphatic rings. The van der Waals surface area contributed by atoms with Gasteiger partial charge < -0.3 is 5.32 Å². The zero-order valence-electron chi connectivity index (χ0n) is 12.1. The summed E-state index contributed by atoms with van der Waals surface area (Å²) in [5, 5.41) is 14.9. The molecule has 110 valence electrons. The van der Waals surface area contributed by atoms with Crippen molar-refractivity contribution in [2.75, 3.05) is 6.54 Å². The van der Waals surface area contributed by atoms with Gasteiger partial charge in [0, 0.05) is 18.3 Å². The van der Waals surface area contributed by atoms with E-state index in [1.807, 2.05) is 17.0 Å². The predicted octanol–water partition coefficient (Wildman–Crippen LogP) is 3.00. The van der Waals surface area contributed by atoms with Crippen molar-refractivity contribution >= 4 is 23.1 Å². The van der Waals surface area contributed by atoms with E-state index >= 15 is 0 Å².